The Morgan fingerprint density at radius 3 is 2.67 bits per heavy atom. The van der Waals surface area contributed by atoms with E-state index in [1.807, 2.05) is 30.3 Å². The molecule has 1 aromatic heterocycles. The van der Waals surface area contributed by atoms with Crippen molar-refractivity contribution in [3.63, 3.8) is 0 Å². The average molecular weight is 451 g/mol. The van der Waals surface area contributed by atoms with Crippen LogP contribution in [0.3, 0.4) is 0 Å². The fourth-order valence-electron chi connectivity index (χ4n) is 3.62. The van der Waals surface area contributed by atoms with Crippen LogP contribution in [0, 0.1) is 0 Å². The van der Waals surface area contributed by atoms with Gasteiger partial charge < -0.3 is 9.64 Å². The quantitative estimate of drug-likeness (QED) is 0.522. The summed E-state index contributed by atoms with van der Waals surface area (Å²) in [4.78, 5) is 38.5. The number of hydrogen-bond donors (Lipinski definition) is 2. The third-order valence-electron chi connectivity index (χ3n) is 4.97. The van der Waals surface area contributed by atoms with E-state index in [0.717, 1.165) is 16.9 Å². The molecule has 0 unspecified atom stereocenters. The second-order valence-electron chi connectivity index (χ2n) is 6.76. The molecule has 0 radical (unpaired) electrons. The number of likely N-dealkylation sites (tertiary alicyclic amines) is 1. The maximum absolute atomic E-state index is 12.9. The standard InChI is InChI=1S/C18H17N3O7S2/c22-16(20-8-6-13-14(20)17(23)21(13)30(25,26)27)12-7-9-29-15(12)19-18(24)28-10-11-4-2-1-3-5-11/h1-5,7,9,13-14H,6,8,10H2,(H,19,24)(H,25,26,27)/t13-,14+/m1/s1. The van der Waals surface area contributed by atoms with Crippen LogP contribution < -0.4 is 5.32 Å². The first kappa shape index (κ1) is 20.3. The molecule has 2 N–H and O–H groups in total. The summed E-state index contributed by atoms with van der Waals surface area (Å²) in [5, 5.41) is 4.41. The van der Waals surface area contributed by atoms with Crippen LogP contribution in [-0.2, 0) is 26.4 Å². The lowest BCUT2D eigenvalue weighted by Crippen LogP contribution is -2.68. The maximum atomic E-state index is 12.9. The third kappa shape index (κ3) is 3.64. The third-order valence-corrected chi connectivity index (χ3v) is 6.75. The molecule has 0 bridgehead atoms. The maximum Gasteiger partial charge on any atom is 0.412 e. The number of benzene rings is 1. The van der Waals surface area contributed by atoms with Crippen LogP contribution in [0.2, 0.25) is 0 Å². The van der Waals surface area contributed by atoms with Gasteiger partial charge >= 0.3 is 16.4 Å². The van der Waals surface area contributed by atoms with Gasteiger partial charge in [-0.2, -0.15) is 8.42 Å². The van der Waals surface area contributed by atoms with Crippen LogP contribution in [-0.4, -0.2) is 58.7 Å². The highest BCUT2D eigenvalue weighted by Crippen LogP contribution is 2.37. The van der Waals surface area contributed by atoms with E-state index in [2.05, 4.69) is 5.32 Å². The smallest absolute Gasteiger partial charge is 0.412 e. The largest absolute Gasteiger partial charge is 0.444 e. The molecule has 12 heteroatoms. The number of hydrogen-bond acceptors (Lipinski definition) is 7. The number of anilines is 1. The number of ether oxygens (including phenoxy) is 1. The summed E-state index contributed by atoms with van der Waals surface area (Å²) in [5.74, 6) is -1.36. The van der Waals surface area contributed by atoms with Gasteiger partial charge in [0.25, 0.3) is 11.8 Å². The predicted molar refractivity (Wildman–Crippen MR) is 106 cm³/mol. The van der Waals surface area contributed by atoms with Crippen LogP contribution in [0.1, 0.15) is 22.3 Å². The summed E-state index contributed by atoms with van der Waals surface area (Å²) in [5.41, 5.74) is 0.987. The lowest BCUT2D eigenvalue weighted by atomic mass is 10.00. The zero-order valence-electron chi connectivity index (χ0n) is 15.4. The van der Waals surface area contributed by atoms with Crippen LogP contribution >= 0.6 is 11.3 Å². The van der Waals surface area contributed by atoms with Gasteiger partial charge in [-0.15, -0.1) is 11.3 Å². The molecule has 3 amide bonds. The molecule has 4 rings (SSSR count). The zero-order chi connectivity index (χ0) is 21.5. The van der Waals surface area contributed by atoms with Gasteiger partial charge in [0.2, 0.25) is 0 Å². The van der Waals surface area contributed by atoms with Crippen molar-refractivity contribution in [2.75, 3.05) is 11.9 Å². The summed E-state index contributed by atoms with van der Waals surface area (Å²) in [7, 11) is -4.65. The predicted octanol–water partition coefficient (Wildman–Crippen LogP) is 1.72. The molecule has 3 heterocycles. The summed E-state index contributed by atoms with van der Waals surface area (Å²) in [6.45, 7) is 0.219. The lowest BCUT2D eigenvalue weighted by molar-refractivity contribution is -0.143. The highest BCUT2D eigenvalue weighted by atomic mass is 32.2. The van der Waals surface area contributed by atoms with E-state index in [9.17, 15) is 22.8 Å². The first-order valence-electron chi connectivity index (χ1n) is 8.94. The molecule has 2 aliphatic heterocycles. The molecule has 1 aromatic carbocycles. The van der Waals surface area contributed by atoms with E-state index in [1.54, 1.807) is 5.38 Å². The molecule has 0 aliphatic carbocycles. The molecule has 2 saturated heterocycles. The summed E-state index contributed by atoms with van der Waals surface area (Å²) in [6.07, 6.45) is -0.500. The van der Waals surface area contributed by atoms with Crippen molar-refractivity contribution in [2.24, 2.45) is 0 Å². The number of thiophene rings is 1. The fourth-order valence-corrected chi connectivity index (χ4v) is 5.29. The summed E-state index contributed by atoms with van der Waals surface area (Å²) in [6, 6.07) is 8.89. The lowest BCUT2D eigenvalue weighted by Gasteiger charge is -2.42. The van der Waals surface area contributed by atoms with E-state index in [4.69, 9.17) is 9.29 Å². The van der Waals surface area contributed by atoms with Crippen molar-refractivity contribution >= 4 is 44.5 Å². The number of amides is 3. The molecule has 10 nitrogen and oxygen atoms in total. The van der Waals surface area contributed by atoms with Gasteiger partial charge in [-0.25, -0.2) is 9.10 Å². The fraction of sp³-hybridized carbons (Fsp3) is 0.278. The highest BCUT2D eigenvalue weighted by molar-refractivity contribution is 7.84. The van der Waals surface area contributed by atoms with Crippen molar-refractivity contribution in [1.29, 1.82) is 0 Å². The molecule has 2 atom stereocenters. The second-order valence-corrected chi connectivity index (χ2v) is 8.97. The zero-order valence-corrected chi connectivity index (χ0v) is 17.1. The molecular formula is C18H17N3O7S2. The Morgan fingerprint density at radius 1 is 1.23 bits per heavy atom. The number of carbonyl (C=O) groups excluding carboxylic acids is 3. The number of nitrogens with zero attached hydrogens (tertiary/aromatic N) is 2. The Kier molecular flexibility index (Phi) is 5.22. The van der Waals surface area contributed by atoms with Gasteiger partial charge in [-0.1, -0.05) is 30.3 Å². The van der Waals surface area contributed by atoms with Gasteiger partial charge in [0.05, 0.1) is 11.6 Å². The minimum atomic E-state index is -4.65. The number of nitrogens with one attached hydrogen (secondary N) is 1. The van der Waals surface area contributed by atoms with Crippen molar-refractivity contribution in [3.05, 3.63) is 52.9 Å². The van der Waals surface area contributed by atoms with Crippen molar-refractivity contribution < 1.29 is 32.1 Å². The van der Waals surface area contributed by atoms with Crippen molar-refractivity contribution in [1.82, 2.24) is 9.21 Å². The number of rotatable bonds is 5. The number of fused-ring (bicyclic) bond motifs is 1. The molecule has 0 spiro atoms. The first-order chi connectivity index (χ1) is 14.3. The molecule has 0 saturated carbocycles. The van der Waals surface area contributed by atoms with E-state index in [0.29, 0.717) is 4.31 Å². The SMILES string of the molecule is O=C(Nc1sccc1C(=O)N1CC[C@@H]2[C@H]1C(=O)N2S(=O)(=O)O)OCc1ccccc1. The Labute approximate surface area is 175 Å². The molecular weight excluding hydrogens is 434 g/mol. The van der Waals surface area contributed by atoms with Gasteiger partial charge in [0, 0.05) is 6.54 Å². The molecule has 2 fully saturated rings. The molecule has 2 aromatic rings. The van der Waals surface area contributed by atoms with Gasteiger partial charge in [0.1, 0.15) is 17.6 Å². The number of carbonyl (C=O) groups is 3. The minimum Gasteiger partial charge on any atom is -0.444 e. The van der Waals surface area contributed by atoms with E-state index >= 15 is 0 Å². The Morgan fingerprint density at radius 2 is 1.97 bits per heavy atom. The van der Waals surface area contributed by atoms with Crippen LogP contribution in [0.25, 0.3) is 0 Å². The van der Waals surface area contributed by atoms with Crippen molar-refractivity contribution in [3.8, 4) is 0 Å². The molecule has 2 aliphatic rings. The van der Waals surface area contributed by atoms with Gasteiger partial charge in [-0.3, -0.25) is 19.5 Å². The van der Waals surface area contributed by atoms with Crippen LogP contribution in [0.5, 0.6) is 0 Å². The summed E-state index contributed by atoms with van der Waals surface area (Å²) >= 11 is 1.12. The van der Waals surface area contributed by atoms with Crippen LogP contribution in [0.15, 0.2) is 41.8 Å². The van der Waals surface area contributed by atoms with Crippen LogP contribution in [0.4, 0.5) is 9.80 Å². The molecule has 158 valence electrons. The van der Waals surface area contributed by atoms with Crippen molar-refractivity contribution in [2.45, 2.75) is 25.1 Å². The minimum absolute atomic E-state index is 0.0666. The van der Waals surface area contributed by atoms with E-state index in [1.165, 1.54) is 11.0 Å². The normalized spacial score (nSPS) is 20.5. The summed E-state index contributed by atoms with van der Waals surface area (Å²) < 4.78 is 37.3. The monoisotopic (exact) mass is 451 g/mol. The highest BCUT2D eigenvalue weighted by Gasteiger charge is 2.60. The molecule has 30 heavy (non-hydrogen) atoms. The van der Waals surface area contributed by atoms with Gasteiger partial charge in [-0.05, 0) is 23.4 Å². The topological polar surface area (TPSA) is 133 Å². The Balaban J connectivity index is 1.41. The van der Waals surface area contributed by atoms with E-state index in [-0.39, 0.29) is 30.1 Å². The number of β-lactam (4-membered cyclic amide) rings is 1. The second kappa shape index (κ2) is 7.70. The van der Waals surface area contributed by atoms with Gasteiger partial charge in [0.15, 0.2) is 0 Å². The average Bonchev–Trinajstić information content (AvgIpc) is 3.30. The first-order valence-corrected chi connectivity index (χ1v) is 11.2. The van der Waals surface area contributed by atoms with E-state index < -0.39 is 40.3 Å². The Hall–Kier alpha value is -2.96. The Bertz CT molecular complexity index is 1100.